The minimum atomic E-state index is -0.400. The van der Waals surface area contributed by atoms with Crippen LogP contribution in [0.15, 0.2) is 15.9 Å². The standard InChI is InChI=1S/C8H8BrNO3S/c9-6-1-2-7(14-6)10-3-5(4-11)13-8(10)12/h1-2,5,11H,3-4H2/t5-/m1/s1. The van der Waals surface area contributed by atoms with E-state index in [1.807, 2.05) is 12.1 Å². The summed E-state index contributed by atoms with van der Waals surface area (Å²) in [7, 11) is 0. The Hall–Kier alpha value is -0.590. The van der Waals surface area contributed by atoms with Gasteiger partial charge in [0, 0.05) is 0 Å². The van der Waals surface area contributed by atoms with E-state index < -0.39 is 12.2 Å². The van der Waals surface area contributed by atoms with Crippen LogP contribution in [0, 0.1) is 0 Å². The van der Waals surface area contributed by atoms with Crippen LogP contribution in [0.2, 0.25) is 0 Å². The molecule has 1 fully saturated rings. The van der Waals surface area contributed by atoms with Crippen molar-refractivity contribution in [1.29, 1.82) is 0 Å². The molecule has 2 heterocycles. The molecule has 1 N–H and O–H groups in total. The van der Waals surface area contributed by atoms with Crippen molar-refractivity contribution in [2.75, 3.05) is 18.1 Å². The lowest BCUT2D eigenvalue weighted by molar-refractivity contribution is 0.0963. The number of carbonyl (C=O) groups is 1. The smallest absolute Gasteiger partial charge is 0.415 e. The monoisotopic (exact) mass is 277 g/mol. The van der Waals surface area contributed by atoms with Gasteiger partial charge in [-0.15, -0.1) is 11.3 Å². The van der Waals surface area contributed by atoms with Crippen molar-refractivity contribution in [2.45, 2.75) is 6.10 Å². The Kier molecular flexibility index (Phi) is 2.76. The van der Waals surface area contributed by atoms with E-state index in [0.717, 1.165) is 8.79 Å². The summed E-state index contributed by atoms with van der Waals surface area (Å²) in [5.74, 6) is 0. The lowest BCUT2D eigenvalue weighted by atomic mass is 10.4. The maximum absolute atomic E-state index is 11.3. The predicted octanol–water partition coefficient (Wildman–Crippen LogP) is 1.83. The Labute approximate surface area is 93.2 Å². The van der Waals surface area contributed by atoms with Crippen LogP contribution in [0.1, 0.15) is 0 Å². The van der Waals surface area contributed by atoms with Gasteiger partial charge in [-0.2, -0.15) is 0 Å². The third-order valence-electron chi connectivity index (χ3n) is 1.90. The molecule has 1 saturated heterocycles. The SMILES string of the molecule is O=C1O[C@@H](CO)CN1c1ccc(Br)s1. The average molecular weight is 278 g/mol. The number of cyclic esters (lactones) is 1. The second kappa shape index (κ2) is 3.88. The van der Waals surface area contributed by atoms with Gasteiger partial charge in [-0.3, -0.25) is 4.90 Å². The molecule has 0 bridgehead atoms. The maximum Gasteiger partial charge on any atom is 0.415 e. The number of anilines is 1. The van der Waals surface area contributed by atoms with Gasteiger partial charge in [0.1, 0.15) is 11.1 Å². The summed E-state index contributed by atoms with van der Waals surface area (Å²) in [5, 5.41) is 9.68. The molecule has 2 rings (SSSR count). The molecule has 1 atom stereocenters. The first kappa shape index (κ1) is 9.95. The fourth-order valence-electron chi connectivity index (χ4n) is 1.25. The van der Waals surface area contributed by atoms with E-state index in [1.165, 1.54) is 16.2 Å². The van der Waals surface area contributed by atoms with E-state index in [0.29, 0.717) is 6.54 Å². The van der Waals surface area contributed by atoms with Crippen molar-refractivity contribution in [3.63, 3.8) is 0 Å². The average Bonchev–Trinajstić information content (AvgIpc) is 2.71. The number of thiophene rings is 1. The van der Waals surface area contributed by atoms with E-state index in [4.69, 9.17) is 9.84 Å². The molecule has 4 nitrogen and oxygen atoms in total. The van der Waals surface area contributed by atoms with Gasteiger partial charge in [-0.05, 0) is 28.1 Å². The number of carbonyl (C=O) groups excluding carboxylic acids is 1. The van der Waals surface area contributed by atoms with Crippen molar-refractivity contribution in [1.82, 2.24) is 0 Å². The number of ether oxygens (including phenoxy) is 1. The third kappa shape index (κ3) is 1.77. The van der Waals surface area contributed by atoms with Crippen LogP contribution < -0.4 is 4.90 Å². The van der Waals surface area contributed by atoms with E-state index in [-0.39, 0.29) is 6.61 Å². The molecular formula is C8H8BrNO3S. The van der Waals surface area contributed by atoms with Crippen LogP contribution >= 0.6 is 27.3 Å². The van der Waals surface area contributed by atoms with Crippen LogP contribution in [0.25, 0.3) is 0 Å². The maximum atomic E-state index is 11.3. The molecule has 14 heavy (non-hydrogen) atoms. The van der Waals surface area contributed by atoms with E-state index in [2.05, 4.69) is 15.9 Å². The molecule has 0 spiro atoms. The van der Waals surface area contributed by atoms with Crippen LogP contribution in [-0.2, 0) is 4.74 Å². The van der Waals surface area contributed by atoms with Crippen molar-refractivity contribution in [2.24, 2.45) is 0 Å². The first-order chi connectivity index (χ1) is 6.70. The molecule has 0 unspecified atom stereocenters. The predicted molar refractivity (Wildman–Crippen MR) is 56.7 cm³/mol. The zero-order valence-electron chi connectivity index (χ0n) is 7.14. The van der Waals surface area contributed by atoms with Crippen LogP contribution in [0.4, 0.5) is 9.80 Å². The number of hydrogen-bond donors (Lipinski definition) is 1. The summed E-state index contributed by atoms with van der Waals surface area (Å²) < 4.78 is 5.88. The molecule has 6 heteroatoms. The molecule has 0 aromatic carbocycles. The second-order valence-corrected chi connectivity index (χ2v) is 5.32. The van der Waals surface area contributed by atoms with Gasteiger partial charge >= 0.3 is 6.09 Å². The zero-order chi connectivity index (χ0) is 10.1. The van der Waals surface area contributed by atoms with Crippen LogP contribution in [-0.4, -0.2) is 30.5 Å². The number of aliphatic hydroxyl groups excluding tert-OH is 1. The summed E-state index contributed by atoms with van der Waals surface area (Å²) in [6.45, 7) is 0.289. The molecule has 0 aliphatic carbocycles. The molecule has 1 aliphatic heterocycles. The number of aliphatic hydroxyl groups is 1. The summed E-state index contributed by atoms with van der Waals surface area (Å²) in [6.07, 6.45) is -0.790. The van der Waals surface area contributed by atoms with Crippen molar-refractivity contribution < 1.29 is 14.6 Å². The van der Waals surface area contributed by atoms with Gasteiger partial charge in [-0.1, -0.05) is 0 Å². The minimum Gasteiger partial charge on any atom is -0.441 e. The van der Waals surface area contributed by atoms with E-state index >= 15 is 0 Å². The van der Waals surface area contributed by atoms with Gasteiger partial charge in [0.05, 0.1) is 16.9 Å². The molecular weight excluding hydrogens is 270 g/mol. The Bertz CT molecular complexity index is 354. The highest BCUT2D eigenvalue weighted by Crippen LogP contribution is 2.32. The van der Waals surface area contributed by atoms with Crippen molar-refractivity contribution in [3.05, 3.63) is 15.9 Å². The molecule has 1 aromatic heterocycles. The summed E-state index contributed by atoms with van der Waals surface area (Å²) in [4.78, 5) is 12.9. The molecule has 76 valence electrons. The lowest BCUT2D eigenvalue weighted by Gasteiger charge is -2.08. The molecule has 1 aromatic rings. The number of halogens is 1. The highest BCUT2D eigenvalue weighted by atomic mass is 79.9. The highest BCUT2D eigenvalue weighted by molar-refractivity contribution is 9.11. The molecule has 1 aliphatic rings. The Morgan fingerprint density at radius 3 is 3.00 bits per heavy atom. The van der Waals surface area contributed by atoms with Crippen LogP contribution in [0.3, 0.4) is 0 Å². The van der Waals surface area contributed by atoms with Crippen LogP contribution in [0.5, 0.6) is 0 Å². The lowest BCUT2D eigenvalue weighted by Crippen LogP contribution is -2.24. The van der Waals surface area contributed by atoms with E-state index in [1.54, 1.807) is 0 Å². The Morgan fingerprint density at radius 2 is 2.50 bits per heavy atom. The summed E-state index contributed by atoms with van der Waals surface area (Å²) in [5.41, 5.74) is 0. The normalized spacial score (nSPS) is 21.4. The Balaban J connectivity index is 2.16. The topological polar surface area (TPSA) is 49.8 Å². The fourth-order valence-corrected chi connectivity index (χ4v) is 2.61. The van der Waals surface area contributed by atoms with Gasteiger partial charge < -0.3 is 9.84 Å². The largest absolute Gasteiger partial charge is 0.441 e. The third-order valence-corrected chi connectivity index (χ3v) is 3.55. The number of nitrogens with zero attached hydrogens (tertiary/aromatic N) is 1. The number of hydrogen-bond acceptors (Lipinski definition) is 4. The Morgan fingerprint density at radius 1 is 1.71 bits per heavy atom. The zero-order valence-corrected chi connectivity index (χ0v) is 9.55. The van der Waals surface area contributed by atoms with Crippen molar-refractivity contribution >= 4 is 38.4 Å². The highest BCUT2D eigenvalue weighted by Gasteiger charge is 2.32. The fraction of sp³-hybridized carbons (Fsp3) is 0.375. The van der Waals surface area contributed by atoms with Gasteiger partial charge in [-0.25, -0.2) is 4.79 Å². The van der Waals surface area contributed by atoms with Gasteiger partial charge in [0.2, 0.25) is 0 Å². The first-order valence-corrected chi connectivity index (χ1v) is 5.66. The minimum absolute atomic E-state index is 0.130. The molecule has 1 amide bonds. The number of amides is 1. The van der Waals surface area contributed by atoms with Gasteiger partial charge in [0.25, 0.3) is 0 Å². The summed E-state index contributed by atoms with van der Waals surface area (Å²) in [6, 6.07) is 3.72. The summed E-state index contributed by atoms with van der Waals surface area (Å²) >= 11 is 4.78. The molecule has 0 radical (unpaired) electrons. The quantitative estimate of drug-likeness (QED) is 0.897. The van der Waals surface area contributed by atoms with Gasteiger partial charge in [0.15, 0.2) is 0 Å². The molecule has 0 saturated carbocycles. The van der Waals surface area contributed by atoms with Crippen molar-refractivity contribution in [3.8, 4) is 0 Å². The first-order valence-electron chi connectivity index (χ1n) is 4.05. The number of rotatable bonds is 2. The van der Waals surface area contributed by atoms with E-state index in [9.17, 15) is 4.79 Å². The second-order valence-electron chi connectivity index (χ2n) is 2.88.